The second kappa shape index (κ2) is 9.77. The normalized spacial score (nSPS) is 14.6. The number of carbonyl (C=O) groups is 1. The summed E-state index contributed by atoms with van der Waals surface area (Å²) < 4.78 is 0. The molecule has 0 saturated carbocycles. The van der Waals surface area contributed by atoms with Crippen LogP contribution in [-0.4, -0.2) is 29.3 Å². The van der Waals surface area contributed by atoms with Crippen LogP contribution in [0.4, 0.5) is 11.4 Å². The fourth-order valence-electron chi connectivity index (χ4n) is 4.12. The highest BCUT2D eigenvalue weighted by molar-refractivity contribution is 6.38. The van der Waals surface area contributed by atoms with E-state index in [4.69, 9.17) is 17.3 Å². The number of fused-ring (bicyclic) bond motifs is 1. The van der Waals surface area contributed by atoms with E-state index in [1.165, 1.54) is 0 Å². The van der Waals surface area contributed by atoms with E-state index in [-0.39, 0.29) is 19.1 Å². The molecule has 7 heteroatoms. The third-order valence-corrected chi connectivity index (χ3v) is 6.12. The molecule has 0 atom stereocenters. The molecule has 6 N–H and O–H groups in total. The zero-order valence-corrected chi connectivity index (χ0v) is 18.8. The van der Waals surface area contributed by atoms with Gasteiger partial charge in [0.25, 0.3) is 5.91 Å². The Morgan fingerprint density at radius 3 is 2.27 bits per heavy atom. The zero-order chi connectivity index (χ0) is 23.4. The van der Waals surface area contributed by atoms with E-state index in [0.29, 0.717) is 34.8 Å². The maximum Gasteiger partial charge on any atom is 0.258 e. The van der Waals surface area contributed by atoms with Crippen molar-refractivity contribution in [3.63, 3.8) is 0 Å². The average molecular weight is 464 g/mol. The Morgan fingerprint density at radius 2 is 1.64 bits per heavy atom. The summed E-state index contributed by atoms with van der Waals surface area (Å²) >= 11 is 6.12. The number of carbonyl (C=O) groups excluding carboxylic acids is 1. The first kappa shape index (κ1) is 23.0. The Balaban J connectivity index is 1.75. The number of anilines is 2. The molecule has 0 bridgehead atoms. The van der Waals surface area contributed by atoms with Crippen LogP contribution in [0.5, 0.6) is 0 Å². The molecule has 0 aromatic heterocycles. The molecule has 6 nitrogen and oxygen atoms in total. The maximum absolute atomic E-state index is 13.0. The van der Waals surface area contributed by atoms with Crippen LogP contribution in [0, 0.1) is 0 Å². The lowest BCUT2D eigenvalue weighted by molar-refractivity contribution is -0.110. The van der Waals surface area contributed by atoms with Gasteiger partial charge in [0.05, 0.1) is 17.0 Å². The number of nitrogens with two attached hydrogens (primary N) is 1. The molecule has 33 heavy (non-hydrogen) atoms. The second-order valence-corrected chi connectivity index (χ2v) is 8.50. The fourth-order valence-corrected chi connectivity index (χ4v) is 4.29. The van der Waals surface area contributed by atoms with Crippen LogP contribution in [0.2, 0.25) is 5.02 Å². The summed E-state index contributed by atoms with van der Waals surface area (Å²) in [6, 6.07) is 22.5. The molecule has 0 unspecified atom stereocenters. The van der Waals surface area contributed by atoms with Crippen molar-refractivity contribution in [2.75, 3.05) is 23.8 Å². The monoisotopic (exact) mass is 463 g/mol. The van der Waals surface area contributed by atoms with Gasteiger partial charge in [-0.25, -0.2) is 0 Å². The summed E-state index contributed by atoms with van der Waals surface area (Å²) in [6.07, 6.45) is 0.693. The highest BCUT2D eigenvalue weighted by Gasteiger charge is 2.29. The summed E-state index contributed by atoms with van der Waals surface area (Å²) in [4.78, 5) is 13.0. The van der Waals surface area contributed by atoms with Crippen molar-refractivity contribution in [1.29, 1.82) is 0 Å². The van der Waals surface area contributed by atoms with Crippen molar-refractivity contribution in [2.24, 2.45) is 5.73 Å². The molecule has 1 heterocycles. The standard InChI is InChI=1S/C26H26ClN3O3/c27-19-8-11-21-22(16-19)30-25(33)23(21)24(17-4-2-1-3-5-17)29-20-9-6-18(7-10-20)26(28,12-14-31)13-15-32/h1-11,16,29,31-32H,12-15,28H2,(H,30,33). The van der Waals surface area contributed by atoms with Gasteiger partial charge in [-0.2, -0.15) is 0 Å². The third kappa shape index (κ3) is 4.79. The van der Waals surface area contributed by atoms with Gasteiger partial charge in [-0.05, 0) is 48.2 Å². The van der Waals surface area contributed by atoms with Crippen LogP contribution >= 0.6 is 11.6 Å². The summed E-state index contributed by atoms with van der Waals surface area (Å²) in [7, 11) is 0. The summed E-state index contributed by atoms with van der Waals surface area (Å²) in [5.74, 6) is -0.206. The number of aliphatic hydroxyl groups is 2. The smallest absolute Gasteiger partial charge is 0.258 e. The van der Waals surface area contributed by atoms with Gasteiger partial charge in [-0.3, -0.25) is 4.79 Å². The number of benzene rings is 3. The van der Waals surface area contributed by atoms with Gasteiger partial charge in [-0.15, -0.1) is 0 Å². The molecule has 1 amide bonds. The van der Waals surface area contributed by atoms with Gasteiger partial charge in [0.15, 0.2) is 0 Å². The number of nitrogens with one attached hydrogen (secondary N) is 2. The van der Waals surface area contributed by atoms with Crippen LogP contribution in [0.25, 0.3) is 11.3 Å². The highest BCUT2D eigenvalue weighted by atomic mass is 35.5. The quantitative estimate of drug-likeness (QED) is 0.322. The minimum absolute atomic E-state index is 0.0701. The minimum Gasteiger partial charge on any atom is -0.396 e. The SMILES string of the molecule is NC(CCO)(CCO)c1ccc(NC(=C2C(=O)Nc3cc(Cl)ccc32)c2ccccc2)cc1. The number of aliphatic hydroxyl groups excluding tert-OH is 2. The maximum atomic E-state index is 13.0. The van der Waals surface area contributed by atoms with E-state index < -0.39 is 5.54 Å². The molecule has 1 aliphatic rings. The first-order chi connectivity index (χ1) is 15.9. The first-order valence-corrected chi connectivity index (χ1v) is 11.1. The summed E-state index contributed by atoms with van der Waals surface area (Å²) in [5.41, 5.74) is 10.8. The largest absolute Gasteiger partial charge is 0.396 e. The molecule has 3 aromatic carbocycles. The Labute approximate surface area is 197 Å². The van der Waals surface area contributed by atoms with Crippen molar-refractivity contribution >= 4 is 40.2 Å². The average Bonchev–Trinajstić information content (AvgIpc) is 3.13. The van der Waals surface area contributed by atoms with Crippen molar-refractivity contribution in [1.82, 2.24) is 0 Å². The first-order valence-electron chi connectivity index (χ1n) is 10.7. The van der Waals surface area contributed by atoms with Crippen molar-refractivity contribution in [3.05, 3.63) is 94.5 Å². The highest BCUT2D eigenvalue weighted by Crippen LogP contribution is 2.39. The van der Waals surface area contributed by atoms with Gasteiger partial charge in [0.1, 0.15) is 0 Å². The van der Waals surface area contributed by atoms with Gasteiger partial charge < -0.3 is 26.6 Å². The van der Waals surface area contributed by atoms with Crippen LogP contribution in [0.3, 0.4) is 0 Å². The fraction of sp³-hybridized carbons (Fsp3) is 0.192. The second-order valence-electron chi connectivity index (χ2n) is 8.07. The lowest BCUT2D eigenvalue weighted by atomic mass is 9.85. The van der Waals surface area contributed by atoms with Crippen LogP contribution in [-0.2, 0) is 10.3 Å². The zero-order valence-electron chi connectivity index (χ0n) is 18.0. The molecular weight excluding hydrogens is 438 g/mol. The van der Waals surface area contributed by atoms with E-state index >= 15 is 0 Å². The van der Waals surface area contributed by atoms with Gasteiger partial charge in [0, 0.05) is 35.0 Å². The van der Waals surface area contributed by atoms with E-state index in [9.17, 15) is 15.0 Å². The number of hydrogen-bond acceptors (Lipinski definition) is 5. The topological polar surface area (TPSA) is 108 Å². The van der Waals surface area contributed by atoms with E-state index in [1.807, 2.05) is 60.7 Å². The lowest BCUT2D eigenvalue weighted by Crippen LogP contribution is -2.38. The molecule has 0 saturated heterocycles. The number of rotatable bonds is 8. The van der Waals surface area contributed by atoms with E-state index in [1.54, 1.807) is 12.1 Å². The number of amides is 1. The molecule has 0 radical (unpaired) electrons. The van der Waals surface area contributed by atoms with Crippen molar-refractivity contribution in [3.8, 4) is 0 Å². The number of halogens is 1. The van der Waals surface area contributed by atoms with Crippen LogP contribution in [0.1, 0.15) is 29.5 Å². The lowest BCUT2D eigenvalue weighted by Gasteiger charge is -2.29. The Bertz CT molecular complexity index is 1170. The van der Waals surface area contributed by atoms with Crippen LogP contribution < -0.4 is 16.4 Å². The predicted molar refractivity (Wildman–Crippen MR) is 133 cm³/mol. The van der Waals surface area contributed by atoms with Gasteiger partial charge >= 0.3 is 0 Å². The predicted octanol–water partition coefficient (Wildman–Crippen LogP) is 4.19. The van der Waals surface area contributed by atoms with Crippen molar-refractivity contribution < 1.29 is 15.0 Å². The Hall–Kier alpha value is -3.16. The van der Waals surface area contributed by atoms with Gasteiger partial charge in [0.2, 0.25) is 0 Å². The molecule has 0 aliphatic carbocycles. The molecule has 1 aliphatic heterocycles. The third-order valence-electron chi connectivity index (χ3n) is 5.88. The Kier molecular flexibility index (Phi) is 6.81. The van der Waals surface area contributed by atoms with E-state index in [0.717, 1.165) is 22.4 Å². The molecular formula is C26H26ClN3O3. The molecule has 0 fully saturated rings. The molecule has 0 spiro atoms. The van der Waals surface area contributed by atoms with E-state index in [2.05, 4.69) is 10.6 Å². The minimum atomic E-state index is -0.813. The van der Waals surface area contributed by atoms with Gasteiger partial charge in [-0.1, -0.05) is 60.1 Å². The number of hydrogen-bond donors (Lipinski definition) is 5. The Morgan fingerprint density at radius 1 is 0.970 bits per heavy atom. The molecule has 4 rings (SSSR count). The van der Waals surface area contributed by atoms with Crippen LogP contribution in [0.15, 0.2) is 72.8 Å². The molecule has 170 valence electrons. The van der Waals surface area contributed by atoms with Crippen molar-refractivity contribution in [2.45, 2.75) is 18.4 Å². The molecule has 3 aromatic rings. The summed E-state index contributed by atoms with van der Waals surface area (Å²) in [5, 5.41) is 25.7. The summed E-state index contributed by atoms with van der Waals surface area (Å²) in [6.45, 7) is -0.140.